The van der Waals surface area contributed by atoms with Crippen molar-refractivity contribution in [1.29, 1.82) is 0 Å². The summed E-state index contributed by atoms with van der Waals surface area (Å²) in [7, 11) is 3.21. The van der Waals surface area contributed by atoms with Crippen molar-refractivity contribution in [1.82, 2.24) is 10.6 Å². The SMILES string of the molecule is COc1ccc(OC)c(CNC(=O)c2ccccc2)c1.ClCCl.O=C(NCc1cc(O)ccc1O)c1ccccc1. The second-order valence-corrected chi connectivity index (χ2v) is 9.00. The fourth-order valence-electron chi connectivity index (χ4n) is 3.47. The molecular formula is C31H32Cl2N2O6. The maximum atomic E-state index is 12.0. The first-order valence-corrected chi connectivity index (χ1v) is 13.4. The molecule has 0 aliphatic rings. The molecule has 4 rings (SSSR count). The lowest BCUT2D eigenvalue weighted by Crippen LogP contribution is -2.22. The van der Waals surface area contributed by atoms with E-state index in [1.165, 1.54) is 18.2 Å². The molecule has 0 aliphatic heterocycles. The number of alkyl halides is 2. The molecule has 4 N–H and O–H groups in total. The minimum atomic E-state index is -0.224. The molecule has 0 saturated carbocycles. The third kappa shape index (κ3) is 11.3. The van der Waals surface area contributed by atoms with Crippen LogP contribution < -0.4 is 20.1 Å². The molecule has 0 aliphatic carbocycles. The Labute approximate surface area is 249 Å². The quantitative estimate of drug-likeness (QED) is 0.144. The number of ether oxygens (including phenoxy) is 2. The van der Waals surface area contributed by atoms with Gasteiger partial charge < -0.3 is 30.3 Å². The highest BCUT2D eigenvalue weighted by Crippen LogP contribution is 2.24. The lowest BCUT2D eigenvalue weighted by atomic mass is 10.1. The third-order valence-electron chi connectivity index (χ3n) is 5.50. The van der Waals surface area contributed by atoms with Crippen LogP contribution in [0.25, 0.3) is 0 Å². The van der Waals surface area contributed by atoms with Gasteiger partial charge in [0.1, 0.15) is 23.0 Å². The second kappa shape index (κ2) is 18.0. The number of methoxy groups -OCH3 is 2. The molecule has 2 amide bonds. The van der Waals surface area contributed by atoms with Gasteiger partial charge in [-0.2, -0.15) is 0 Å². The van der Waals surface area contributed by atoms with Crippen LogP contribution in [-0.4, -0.2) is 41.6 Å². The number of halogens is 2. The van der Waals surface area contributed by atoms with E-state index in [1.54, 1.807) is 50.6 Å². The van der Waals surface area contributed by atoms with Gasteiger partial charge in [-0.1, -0.05) is 36.4 Å². The van der Waals surface area contributed by atoms with Crippen LogP contribution in [0.2, 0.25) is 0 Å². The zero-order valence-electron chi connectivity index (χ0n) is 22.6. The average molecular weight is 600 g/mol. The van der Waals surface area contributed by atoms with E-state index in [2.05, 4.69) is 10.6 Å². The summed E-state index contributed by atoms with van der Waals surface area (Å²) in [6, 6.07) is 27.6. The lowest BCUT2D eigenvalue weighted by molar-refractivity contribution is 0.0942. The zero-order chi connectivity index (χ0) is 30.0. The van der Waals surface area contributed by atoms with E-state index in [1.807, 2.05) is 42.5 Å². The minimum Gasteiger partial charge on any atom is -0.508 e. The first kappa shape index (κ1) is 32.8. The Morgan fingerprint density at radius 1 is 0.683 bits per heavy atom. The Morgan fingerprint density at radius 3 is 1.68 bits per heavy atom. The molecule has 10 heteroatoms. The number of carbonyl (C=O) groups is 2. The Balaban J connectivity index is 0.000000263. The topological polar surface area (TPSA) is 117 Å². The second-order valence-electron chi connectivity index (χ2n) is 8.19. The van der Waals surface area contributed by atoms with E-state index < -0.39 is 0 Å². The molecule has 0 heterocycles. The van der Waals surface area contributed by atoms with Gasteiger partial charge in [0.25, 0.3) is 11.8 Å². The van der Waals surface area contributed by atoms with E-state index in [-0.39, 0.29) is 35.2 Å². The lowest BCUT2D eigenvalue weighted by Gasteiger charge is -2.11. The Hall–Kier alpha value is -4.40. The monoisotopic (exact) mass is 598 g/mol. The summed E-state index contributed by atoms with van der Waals surface area (Å²) in [6.07, 6.45) is 0. The van der Waals surface area contributed by atoms with Crippen molar-refractivity contribution in [2.75, 3.05) is 19.6 Å². The van der Waals surface area contributed by atoms with Crippen LogP contribution in [0.15, 0.2) is 97.1 Å². The van der Waals surface area contributed by atoms with Gasteiger partial charge in [-0.25, -0.2) is 0 Å². The molecule has 0 radical (unpaired) electrons. The average Bonchev–Trinajstić information content (AvgIpc) is 3.01. The molecule has 0 spiro atoms. The van der Waals surface area contributed by atoms with Crippen molar-refractivity contribution in [3.63, 3.8) is 0 Å². The molecule has 8 nitrogen and oxygen atoms in total. The highest BCUT2D eigenvalue weighted by atomic mass is 35.5. The largest absolute Gasteiger partial charge is 0.508 e. The zero-order valence-corrected chi connectivity index (χ0v) is 24.2. The van der Waals surface area contributed by atoms with Crippen LogP contribution in [0.3, 0.4) is 0 Å². The van der Waals surface area contributed by atoms with Crippen LogP contribution in [0.1, 0.15) is 31.8 Å². The smallest absolute Gasteiger partial charge is 0.251 e. The molecule has 0 unspecified atom stereocenters. The van der Waals surface area contributed by atoms with Gasteiger partial charge in [-0.3, -0.25) is 9.59 Å². The third-order valence-corrected chi connectivity index (χ3v) is 5.50. The summed E-state index contributed by atoms with van der Waals surface area (Å²) < 4.78 is 10.5. The summed E-state index contributed by atoms with van der Waals surface area (Å²) in [4.78, 5) is 23.7. The molecule has 0 atom stereocenters. The molecule has 4 aromatic carbocycles. The number of nitrogens with one attached hydrogen (secondary N) is 2. The molecule has 0 saturated heterocycles. The molecule has 0 aromatic heterocycles. The normalized spacial score (nSPS) is 9.66. The summed E-state index contributed by atoms with van der Waals surface area (Å²) in [6.45, 7) is 0.544. The van der Waals surface area contributed by atoms with Crippen molar-refractivity contribution in [2.45, 2.75) is 13.1 Å². The highest BCUT2D eigenvalue weighted by Gasteiger charge is 2.09. The predicted molar refractivity (Wildman–Crippen MR) is 161 cm³/mol. The number of hydrogen-bond donors (Lipinski definition) is 4. The van der Waals surface area contributed by atoms with Gasteiger partial charge in [-0.15, -0.1) is 23.2 Å². The van der Waals surface area contributed by atoms with E-state index >= 15 is 0 Å². The number of phenolic OH excluding ortho intramolecular Hbond substituents is 2. The van der Waals surface area contributed by atoms with Crippen LogP contribution in [-0.2, 0) is 13.1 Å². The number of carbonyl (C=O) groups excluding carboxylic acids is 2. The van der Waals surface area contributed by atoms with Crippen molar-refractivity contribution in [3.05, 3.63) is 119 Å². The van der Waals surface area contributed by atoms with E-state index in [9.17, 15) is 19.8 Å². The summed E-state index contributed by atoms with van der Waals surface area (Å²) in [5.41, 5.74) is 2.53. The molecule has 0 bridgehead atoms. The van der Waals surface area contributed by atoms with Crippen molar-refractivity contribution < 1.29 is 29.3 Å². The number of phenols is 2. The van der Waals surface area contributed by atoms with Gasteiger partial charge in [0, 0.05) is 35.3 Å². The molecule has 0 fully saturated rings. The number of rotatable bonds is 8. The van der Waals surface area contributed by atoms with E-state index in [0.717, 1.165) is 17.1 Å². The number of benzene rings is 4. The number of aromatic hydroxyl groups is 2. The fourth-order valence-corrected chi connectivity index (χ4v) is 3.47. The number of amides is 2. The standard InChI is InChI=1S/C16H17NO3.C14H13NO3.CH2Cl2/c1-19-14-8-9-15(20-2)13(10-14)11-17-16(18)12-6-4-3-5-7-12;16-12-6-7-13(17)11(8-12)9-15-14(18)10-4-2-1-3-5-10;2-1-3/h3-10H,11H2,1-2H3,(H,17,18);1-8,16-17H,9H2,(H,15,18);1H2. The Kier molecular flexibility index (Phi) is 14.4. The first-order chi connectivity index (χ1) is 19.8. The molecule has 4 aromatic rings. The van der Waals surface area contributed by atoms with Gasteiger partial charge in [0.15, 0.2) is 0 Å². The maximum Gasteiger partial charge on any atom is 0.251 e. The molecule has 41 heavy (non-hydrogen) atoms. The maximum absolute atomic E-state index is 12.0. The summed E-state index contributed by atoms with van der Waals surface area (Å²) >= 11 is 9.53. The van der Waals surface area contributed by atoms with Crippen molar-refractivity contribution >= 4 is 35.0 Å². The predicted octanol–water partition coefficient (Wildman–Crippen LogP) is 6.08. The van der Waals surface area contributed by atoms with Gasteiger partial charge in [-0.05, 0) is 60.7 Å². The Bertz CT molecular complexity index is 1370. The van der Waals surface area contributed by atoms with Gasteiger partial charge in [0.05, 0.1) is 19.6 Å². The van der Waals surface area contributed by atoms with E-state index in [4.69, 9.17) is 32.7 Å². The number of hydrogen-bond acceptors (Lipinski definition) is 6. The van der Waals surface area contributed by atoms with Crippen LogP contribution in [0, 0.1) is 0 Å². The van der Waals surface area contributed by atoms with E-state index in [0.29, 0.717) is 23.2 Å². The first-order valence-electron chi connectivity index (χ1n) is 12.3. The summed E-state index contributed by atoms with van der Waals surface area (Å²) in [5.74, 6) is 1.21. The minimum absolute atomic E-state index is 0.0427. The van der Waals surface area contributed by atoms with Crippen LogP contribution in [0.5, 0.6) is 23.0 Å². The van der Waals surface area contributed by atoms with Crippen LogP contribution in [0.4, 0.5) is 0 Å². The van der Waals surface area contributed by atoms with Gasteiger partial charge >= 0.3 is 0 Å². The van der Waals surface area contributed by atoms with Gasteiger partial charge in [0.2, 0.25) is 0 Å². The molecular weight excluding hydrogens is 567 g/mol. The molecule has 216 valence electrons. The highest BCUT2D eigenvalue weighted by molar-refractivity contribution is 6.40. The fraction of sp³-hybridized carbons (Fsp3) is 0.161. The van der Waals surface area contributed by atoms with Crippen molar-refractivity contribution in [2.24, 2.45) is 0 Å². The summed E-state index contributed by atoms with van der Waals surface area (Å²) in [5, 5.41) is 24.6. The Morgan fingerprint density at radius 2 is 1.20 bits per heavy atom. The van der Waals surface area contributed by atoms with Crippen LogP contribution >= 0.6 is 23.2 Å². The van der Waals surface area contributed by atoms with Crippen molar-refractivity contribution in [3.8, 4) is 23.0 Å².